The van der Waals surface area contributed by atoms with Crippen LogP contribution in [0.4, 0.5) is 5.69 Å². The minimum atomic E-state index is -0.454. The highest BCUT2D eigenvalue weighted by Crippen LogP contribution is 2.14. The van der Waals surface area contributed by atoms with Crippen LogP contribution >= 0.6 is 11.6 Å². The molecule has 23 heavy (non-hydrogen) atoms. The van der Waals surface area contributed by atoms with E-state index in [9.17, 15) is 4.79 Å². The van der Waals surface area contributed by atoms with E-state index in [1.807, 2.05) is 49.4 Å². The molecule has 0 bridgehead atoms. The Morgan fingerprint density at radius 2 is 2.04 bits per heavy atom. The van der Waals surface area contributed by atoms with E-state index in [-0.39, 0.29) is 5.57 Å². The highest BCUT2D eigenvalue weighted by molar-refractivity contribution is 6.31. The lowest BCUT2D eigenvalue weighted by Crippen LogP contribution is -2.16. The average Bonchev–Trinajstić information content (AvgIpc) is 2.53. The second-order valence-corrected chi connectivity index (χ2v) is 5.37. The summed E-state index contributed by atoms with van der Waals surface area (Å²) >= 11 is 6.05. The molecule has 0 aromatic heterocycles. The SMILES string of the molecule is Cc1cccc(NC(=O)/C(C#N)=C\NCc2ccccc2Cl)c1. The fraction of sp³-hybridized carbons (Fsp3) is 0.111. The quantitative estimate of drug-likeness (QED) is 0.649. The van der Waals surface area contributed by atoms with Crippen molar-refractivity contribution in [2.45, 2.75) is 13.5 Å². The molecule has 0 spiro atoms. The lowest BCUT2D eigenvalue weighted by Gasteiger charge is -2.06. The van der Waals surface area contributed by atoms with Crippen LogP contribution in [0.2, 0.25) is 5.02 Å². The van der Waals surface area contributed by atoms with Crippen LogP contribution < -0.4 is 10.6 Å². The minimum absolute atomic E-state index is 0.00133. The second kappa shape index (κ2) is 8.02. The van der Waals surface area contributed by atoms with Crippen molar-refractivity contribution in [1.82, 2.24) is 5.32 Å². The maximum absolute atomic E-state index is 12.1. The number of nitrogens with one attached hydrogen (secondary N) is 2. The number of benzene rings is 2. The van der Waals surface area contributed by atoms with Crippen LogP contribution in [0.5, 0.6) is 0 Å². The molecule has 0 fully saturated rings. The molecule has 0 aliphatic heterocycles. The Labute approximate surface area is 140 Å². The van der Waals surface area contributed by atoms with E-state index in [0.29, 0.717) is 17.3 Å². The van der Waals surface area contributed by atoms with Crippen LogP contribution in [-0.4, -0.2) is 5.91 Å². The van der Waals surface area contributed by atoms with Crippen molar-refractivity contribution in [2.24, 2.45) is 0 Å². The monoisotopic (exact) mass is 325 g/mol. The Bertz CT molecular complexity index is 778. The van der Waals surface area contributed by atoms with Crippen LogP contribution in [0.3, 0.4) is 0 Å². The number of carbonyl (C=O) groups excluding carboxylic acids is 1. The summed E-state index contributed by atoms with van der Waals surface area (Å²) in [6.45, 7) is 2.37. The molecule has 0 radical (unpaired) electrons. The van der Waals surface area contributed by atoms with Crippen molar-refractivity contribution in [3.63, 3.8) is 0 Å². The van der Waals surface area contributed by atoms with Crippen molar-refractivity contribution in [3.8, 4) is 6.07 Å². The Morgan fingerprint density at radius 3 is 2.74 bits per heavy atom. The van der Waals surface area contributed by atoms with Crippen molar-refractivity contribution < 1.29 is 4.79 Å². The van der Waals surface area contributed by atoms with E-state index in [0.717, 1.165) is 11.1 Å². The first-order valence-electron chi connectivity index (χ1n) is 7.05. The first-order chi connectivity index (χ1) is 11.1. The Balaban J connectivity index is 2.00. The first kappa shape index (κ1) is 16.6. The number of anilines is 1. The standard InChI is InChI=1S/C18H16ClN3O/c1-13-5-4-7-16(9-13)22-18(23)15(10-20)12-21-11-14-6-2-3-8-17(14)19/h2-9,12,21H,11H2,1H3,(H,22,23)/b15-12-. The maximum atomic E-state index is 12.1. The lowest BCUT2D eigenvalue weighted by molar-refractivity contribution is -0.112. The third kappa shape index (κ3) is 4.87. The van der Waals surface area contributed by atoms with Gasteiger partial charge < -0.3 is 10.6 Å². The number of amides is 1. The predicted octanol–water partition coefficient (Wildman–Crippen LogP) is 3.78. The topological polar surface area (TPSA) is 64.9 Å². The van der Waals surface area contributed by atoms with Gasteiger partial charge in [0.2, 0.25) is 0 Å². The molecule has 0 aliphatic carbocycles. The summed E-state index contributed by atoms with van der Waals surface area (Å²) in [7, 11) is 0. The molecule has 4 nitrogen and oxygen atoms in total. The Hall–Kier alpha value is -2.77. The van der Waals surface area contributed by atoms with Gasteiger partial charge in [0.1, 0.15) is 11.6 Å². The molecule has 0 aliphatic rings. The normalized spacial score (nSPS) is 10.7. The zero-order valence-corrected chi connectivity index (χ0v) is 13.4. The third-order valence-electron chi connectivity index (χ3n) is 3.14. The summed E-state index contributed by atoms with van der Waals surface area (Å²) in [5, 5.41) is 15.4. The minimum Gasteiger partial charge on any atom is -0.386 e. The number of hydrogen-bond donors (Lipinski definition) is 2. The van der Waals surface area contributed by atoms with E-state index in [4.69, 9.17) is 16.9 Å². The van der Waals surface area contributed by atoms with E-state index in [2.05, 4.69) is 10.6 Å². The van der Waals surface area contributed by atoms with Gasteiger partial charge in [0.15, 0.2) is 0 Å². The van der Waals surface area contributed by atoms with Gasteiger partial charge in [-0.1, -0.05) is 41.9 Å². The maximum Gasteiger partial charge on any atom is 0.267 e. The summed E-state index contributed by atoms with van der Waals surface area (Å²) in [6.07, 6.45) is 1.40. The number of nitrogens with zero attached hydrogens (tertiary/aromatic N) is 1. The van der Waals surface area contributed by atoms with Gasteiger partial charge in [-0.15, -0.1) is 0 Å². The third-order valence-corrected chi connectivity index (χ3v) is 3.51. The summed E-state index contributed by atoms with van der Waals surface area (Å²) < 4.78 is 0. The number of nitriles is 1. The summed E-state index contributed by atoms with van der Waals surface area (Å²) in [6, 6.07) is 16.7. The van der Waals surface area contributed by atoms with Crippen molar-refractivity contribution in [3.05, 3.63) is 76.5 Å². The molecule has 2 aromatic rings. The molecule has 5 heteroatoms. The number of rotatable bonds is 5. The first-order valence-corrected chi connectivity index (χ1v) is 7.43. The average molecular weight is 326 g/mol. The Kier molecular flexibility index (Phi) is 5.79. The molecule has 2 rings (SSSR count). The molecule has 0 saturated heterocycles. The van der Waals surface area contributed by atoms with Gasteiger partial charge in [-0.05, 0) is 36.2 Å². The van der Waals surface area contributed by atoms with E-state index >= 15 is 0 Å². The number of carbonyl (C=O) groups is 1. The highest BCUT2D eigenvalue weighted by Gasteiger charge is 2.09. The van der Waals surface area contributed by atoms with Gasteiger partial charge in [-0.25, -0.2) is 0 Å². The molecule has 2 N–H and O–H groups in total. The summed E-state index contributed by atoms with van der Waals surface area (Å²) in [4.78, 5) is 12.1. The van der Waals surface area contributed by atoms with Crippen LogP contribution in [0.1, 0.15) is 11.1 Å². The van der Waals surface area contributed by atoms with Crippen molar-refractivity contribution in [2.75, 3.05) is 5.32 Å². The molecule has 1 amide bonds. The zero-order valence-electron chi connectivity index (χ0n) is 12.6. The zero-order chi connectivity index (χ0) is 16.7. The van der Waals surface area contributed by atoms with Gasteiger partial charge >= 0.3 is 0 Å². The van der Waals surface area contributed by atoms with E-state index in [1.54, 1.807) is 12.1 Å². The van der Waals surface area contributed by atoms with Gasteiger partial charge in [0, 0.05) is 23.5 Å². The lowest BCUT2D eigenvalue weighted by atomic mass is 10.2. The Morgan fingerprint density at radius 1 is 1.26 bits per heavy atom. The van der Waals surface area contributed by atoms with E-state index in [1.165, 1.54) is 6.20 Å². The van der Waals surface area contributed by atoms with Crippen LogP contribution in [0.15, 0.2) is 60.3 Å². The fourth-order valence-corrected chi connectivity index (χ4v) is 2.18. The molecule has 0 atom stereocenters. The second-order valence-electron chi connectivity index (χ2n) is 4.97. The number of hydrogen-bond acceptors (Lipinski definition) is 3. The molecule has 116 valence electrons. The van der Waals surface area contributed by atoms with Crippen LogP contribution in [-0.2, 0) is 11.3 Å². The highest BCUT2D eigenvalue weighted by atomic mass is 35.5. The summed E-state index contributed by atoms with van der Waals surface area (Å²) in [5.74, 6) is -0.454. The largest absolute Gasteiger partial charge is 0.386 e. The number of aryl methyl sites for hydroxylation is 1. The van der Waals surface area contributed by atoms with E-state index < -0.39 is 5.91 Å². The van der Waals surface area contributed by atoms with Gasteiger partial charge in [-0.2, -0.15) is 5.26 Å². The van der Waals surface area contributed by atoms with Gasteiger partial charge in [0.25, 0.3) is 5.91 Å². The molecule has 2 aromatic carbocycles. The molecule has 0 saturated carbocycles. The molecular formula is C18H16ClN3O. The smallest absolute Gasteiger partial charge is 0.267 e. The number of halogens is 1. The van der Waals surface area contributed by atoms with Crippen LogP contribution in [0.25, 0.3) is 0 Å². The molecule has 0 unspecified atom stereocenters. The fourth-order valence-electron chi connectivity index (χ4n) is 1.97. The van der Waals surface area contributed by atoms with Gasteiger partial charge in [-0.3, -0.25) is 4.79 Å². The summed E-state index contributed by atoms with van der Waals surface area (Å²) in [5.41, 5.74) is 2.57. The van der Waals surface area contributed by atoms with Gasteiger partial charge in [0.05, 0.1) is 0 Å². The predicted molar refractivity (Wildman–Crippen MR) is 91.8 cm³/mol. The molecular weight excluding hydrogens is 310 g/mol. The van der Waals surface area contributed by atoms with Crippen molar-refractivity contribution in [1.29, 1.82) is 5.26 Å². The molecule has 0 heterocycles. The van der Waals surface area contributed by atoms with Crippen molar-refractivity contribution >= 4 is 23.2 Å². The van der Waals surface area contributed by atoms with Crippen LogP contribution in [0, 0.1) is 18.3 Å².